The number of aromatic hydroxyl groups is 2. The molecular formula is C20H20N2O4. The van der Waals surface area contributed by atoms with Crippen molar-refractivity contribution in [1.29, 1.82) is 0 Å². The number of carbonyl (C=O) groups is 1. The summed E-state index contributed by atoms with van der Waals surface area (Å²) < 4.78 is 5.52. The minimum atomic E-state index is -0.388. The van der Waals surface area contributed by atoms with E-state index in [1.54, 1.807) is 6.08 Å². The van der Waals surface area contributed by atoms with Crippen LogP contribution in [0.5, 0.6) is 17.2 Å². The number of anilines is 1. The lowest BCUT2D eigenvalue weighted by molar-refractivity contribution is 0.101. The first kappa shape index (κ1) is 16.5. The van der Waals surface area contributed by atoms with Crippen LogP contribution in [0, 0.1) is 0 Å². The Morgan fingerprint density at radius 2 is 1.73 bits per heavy atom. The molecule has 0 unspecified atom stereocenters. The van der Waals surface area contributed by atoms with Gasteiger partial charge in [0.1, 0.15) is 22.8 Å². The Hall–Kier alpha value is -2.99. The van der Waals surface area contributed by atoms with Crippen LogP contribution < -0.4 is 9.64 Å². The van der Waals surface area contributed by atoms with Crippen LogP contribution in [0.25, 0.3) is 6.08 Å². The first-order valence-electron chi connectivity index (χ1n) is 8.55. The van der Waals surface area contributed by atoms with Crippen LogP contribution in [0.2, 0.25) is 0 Å². The lowest BCUT2D eigenvalue weighted by Gasteiger charge is -2.34. The number of hydrogen-bond donors (Lipinski definition) is 2. The predicted octanol–water partition coefficient (Wildman–Crippen LogP) is 2.47. The van der Waals surface area contributed by atoms with Crippen molar-refractivity contribution in [3.63, 3.8) is 0 Å². The summed E-state index contributed by atoms with van der Waals surface area (Å²) >= 11 is 0. The molecule has 2 heterocycles. The number of hydrogen-bond acceptors (Lipinski definition) is 6. The van der Waals surface area contributed by atoms with E-state index in [-0.39, 0.29) is 34.4 Å². The summed E-state index contributed by atoms with van der Waals surface area (Å²) in [5.41, 5.74) is 2.08. The molecule has 0 bridgehead atoms. The number of carbonyl (C=O) groups excluding carboxylic acids is 1. The van der Waals surface area contributed by atoms with Gasteiger partial charge in [0.05, 0.1) is 0 Å². The van der Waals surface area contributed by atoms with Crippen LogP contribution in [0.4, 0.5) is 5.69 Å². The zero-order valence-electron chi connectivity index (χ0n) is 14.5. The fourth-order valence-electron chi connectivity index (χ4n) is 3.28. The van der Waals surface area contributed by atoms with Crippen LogP contribution in [-0.2, 0) is 0 Å². The molecule has 1 saturated heterocycles. The second-order valence-corrected chi connectivity index (χ2v) is 6.66. The average molecular weight is 352 g/mol. The third-order valence-electron chi connectivity index (χ3n) is 4.80. The summed E-state index contributed by atoms with van der Waals surface area (Å²) in [6.45, 7) is 4.08. The average Bonchev–Trinajstić information content (AvgIpc) is 2.92. The van der Waals surface area contributed by atoms with Crippen LogP contribution in [0.1, 0.15) is 15.9 Å². The number of ether oxygens (including phenoxy) is 1. The number of phenolic OH excluding ortho intramolecular Hbond substituents is 2. The Bertz CT molecular complexity index is 881. The van der Waals surface area contributed by atoms with Crippen LogP contribution >= 0.6 is 0 Å². The Morgan fingerprint density at radius 1 is 1.04 bits per heavy atom. The summed E-state index contributed by atoms with van der Waals surface area (Å²) in [7, 11) is 2.13. The summed E-state index contributed by atoms with van der Waals surface area (Å²) in [6.07, 6.45) is 1.65. The molecule has 1 fully saturated rings. The second kappa shape index (κ2) is 6.38. The van der Waals surface area contributed by atoms with Gasteiger partial charge in [0.25, 0.3) is 0 Å². The molecule has 0 atom stereocenters. The fraction of sp³-hybridized carbons (Fsp3) is 0.250. The highest BCUT2D eigenvalue weighted by molar-refractivity contribution is 6.16. The quantitative estimate of drug-likeness (QED) is 0.809. The molecule has 2 aromatic carbocycles. The van der Waals surface area contributed by atoms with E-state index in [0.29, 0.717) is 0 Å². The molecule has 0 aromatic heterocycles. The van der Waals surface area contributed by atoms with Gasteiger partial charge in [-0.25, -0.2) is 0 Å². The molecule has 0 aliphatic carbocycles. The monoisotopic (exact) mass is 352 g/mol. The molecule has 0 radical (unpaired) electrons. The molecule has 0 saturated carbocycles. The highest BCUT2D eigenvalue weighted by Crippen LogP contribution is 2.40. The van der Waals surface area contributed by atoms with E-state index in [2.05, 4.69) is 16.8 Å². The van der Waals surface area contributed by atoms with Crippen molar-refractivity contribution in [2.45, 2.75) is 0 Å². The van der Waals surface area contributed by atoms with Crippen molar-refractivity contribution >= 4 is 17.5 Å². The number of rotatable bonds is 2. The van der Waals surface area contributed by atoms with E-state index in [1.165, 1.54) is 6.07 Å². The van der Waals surface area contributed by atoms with Gasteiger partial charge in [0.15, 0.2) is 5.76 Å². The molecule has 0 amide bonds. The van der Waals surface area contributed by atoms with Gasteiger partial charge in [-0.3, -0.25) is 4.79 Å². The molecule has 4 rings (SSSR count). The molecule has 2 N–H and O–H groups in total. The number of fused-ring (bicyclic) bond motifs is 1. The molecular weight excluding hydrogens is 332 g/mol. The van der Waals surface area contributed by atoms with Gasteiger partial charge in [-0.1, -0.05) is 12.1 Å². The fourth-order valence-corrected chi connectivity index (χ4v) is 3.28. The Balaban J connectivity index is 1.54. The van der Waals surface area contributed by atoms with E-state index in [0.717, 1.165) is 43.5 Å². The Morgan fingerprint density at radius 3 is 2.42 bits per heavy atom. The van der Waals surface area contributed by atoms with Crippen molar-refractivity contribution in [2.75, 3.05) is 38.1 Å². The predicted molar refractivity (Wildman–Crippen MR) is 98.9 cm³/mol. The second-order valence-electron chi connectivity index (χ2n) is 6.66. The number of nitrogens with zero attached hydrogens (tertiary/aromatic N) is 2. The zero-order valence-corrected chi connectivity index (χ0v) is 14.5. The van der Waals surface area contributed by atoms with E-state index in [9.17, 15) is 15.0 Å². The topological polar surface area (TPSA) is 73.2 Å². The van der Waals surface area contributed by atoms with Gasteiger partial charge in [-0.2, -0.15) is 0 Å². The van der Waals surface area contributed by atoms with E-state index in [1.807, 2.05) is 24.3 Å². The number of likely N-dealkylation sites (N-methyl/N-ethyl adjacent to an activating group) is 1. The molecule has 2 aliphatic heterocycles. The highest BCUT2D eigenvalue weighted by atomic mass is 16.5. The summed E-state index contributed by atoms with van der Waals surface area (Å²) in [4.78, 5) is 17.1. The van der Waals surface area contributed by atoms with Gasteiger partial charge in [-0.15, -0.1) is 0 Å². The lowest BCUT2D eigenvalue weighted by atomic mass is 10.1. The molecule has 6 heteroatoms. The van der Waals surface area contributed by atoms with Crippen LogP contribution in [0.3, 0.4) is 0 Å². The molecule has 2 aromatic rings. The smallest absolute Gasteiger partial charge is 0.235 e. The van der Waals surface area contributed by atoms with Gasteiger partial charge in [-0.05, 0) is 30.8 Å². The zero-order chi connectivity index (χ0) is 18.3. The van der Waals surface area contributed by atoms with Crippen molar-refractivity contribution in [2.24, 2.45) is 0 Å². The summed E-state index contributed by atoms with van der Waals surface area (Å²) in [5, 5.41) is 19.4. The number of ketones is 1. The standard InChI is InChI=1S/C20H20N2O4/c1-21-6-8-22(9-7-21)14-4-2-13(3-5-14)10-18-20(25)19-16(24)11-15(23)12-17(19)26-18/h2-5,10-12,23-24H,6-9H2,1H3/b18-10-. The van der Waals surface area contributed by atoms with E-state index in [4.69, 9.17) is 4.74 Å². The highest BCUT2D eigenvalue weighted by Gasteiger charge is 2.31. The number of Topliss-reactive ketones (excluding diaryl/α,β-unsaturated/α-hetero) is 1. The molecule has 2 aliphatic rings. The van der Waals surface area contributed by atoms with E-state index < -0.39 is 0 Å². The molecule has 26 heavy (non-hydrogen) atoms. The van der Waals surface area contributed by atoms with Crippen molar-refractivity contribution in [3.05, 3.63) is 53.3 Å². The van der Waals surface area contributed by atoms with Gasteiger partial charge in [0.2, 0.25) is 5.78 Å². The van der Waals surface area contributed by atoms with Crippen LogP contribution in [-0.4, -0.2) is 54.1 Å². The van der Waals surface area contributed by atoms with Crippen molar-refractivity contribution in [1.82, 2.24) is 4.90 Å². The third kappa shape index (κ3) is 2.99. The van der Waals surface area contributed by atoms with Gasteiger partial charge < -0.3 is 24.7 Å². The first-order valence-corrected chi connectivity index (χ1v) is 8.55. The maximum Gasteiger partial charge on any atom is 0.235 e. The maximum atomic E-state index is 12.4. The largest absolute Gasteiger partial charge is 0.508 e. The van der Waals surface area contributed by atoms with Gasteiger partial charge in [0, 0.05) is 44.0 Å². The molecule has 134 valence electrons. The minimum Gasteiger partial charge on any atom is -0.508 e. The van der Waals surface area contributed by atoms with E-state index >= 15 is 0 Å². The first-order chi connectivity index (χ1) is 12.5. The maximum absolute atomic E-state index is 12.4. The number of phenols is 2. The molecule has 6 nitrogen and oxygen atoms in total. The SMILES string of the molecule is CN1CCN(c2ccc(/C=C3\Oc4cc(O)cc(O)c4C3=O)cc2)CC1. The lowest BCUT2D eigenvalue weighted by Crippen LogP contribution is -2.44. The normalized spacial score (nSPS) is 18.9. The number of allylic oxidation sites excluding steroid dienone is 1. The Kier molecular flexibility index (Phi) is 4.05. The third-order valence-corrected chi connectivity index (χ3v) is 4.80. The Labute approximate surface area is 151 Å². The number of piperazine rings is 1. The number of benzene rings is 2. The van der Waals surface area contributed by atoms with Crippen molar-refractivity contribution in [3.8, 4) is 17.2 Å². The minimum absolute atomic E-state index is 0.0862. The van der Waals surface area contributed by atoms with Crippen molar-refractivity contribution < 1.29 is 19.7 Å². The summed E-state index contributed by atoms with van der Waals surface area (Å²) in [6, 6.07) is 10.4. The van der Waals surface area contributed by atoms with Gasteiger partial charge >= 0.3 is 0 Å². The van der Waals surface area contributed by atoms with Crippen LogP contribution in [0.15, 0.2) is 42.2 Å². The molecule has 0 spiro atoms. The summed E-state index contributed by atoms with van der Waals surface area (Å²) in [5.74, 6) is -0.507.